The summed E-state index contributed by atoms with van der Waals surface area (Å²) in [6, 6.07) is 3.93. The fourth-order valence-electron chi connectivity index (χ4n) is 1.34. The molecule has 0 aliphatic rings. The number of nitriles is 1. The molecule has 6 heteroatoms. The molecule has 0 spiro atoms. The highest BCUT2D eigenvalue weighted by molar-refractivity contribution is 5.85. The maximum atomic E-state index is 13.5. The van der Waals surface area contributed by atoms with E-state index in [-0.39, 0.29) is 17.7 Å². The van der Waals surface area contributed by atoms with Crippen LogP contribution in [0.1, 0.15) is 26.3 Å². The highest BCUT2D eigenvalue weighted by Crippen LogP contribution is 2.21. The van der Waals surface area contributed by atoms with Gasteiger partial charge in [-0.15, -0.1) is 0 Å². The molecular weight excluding hydrogens is 254 g/mol. The van der Waals surface area contributed by atoms with E-state index in [4.69, 9.17) is 10.00 Å². The first kappa shape index (κ1) is 14.9. The zero-order valence-electron chi connectivity index (χ0n) is 10.9. The summed E-state index contributed by atoms with van der Waals surface area (Å²) < 4.78 is 31.7. The van der Waals surface area contributed by atoms with Gasteiger partial charge in [0.2, 0.25) is 0 Å². The van der Waals surface area contributed by atoms with E-state index in [1.807, 2.05) is 6.07 Å². The molecule has 1 N–H and O–H groups in total. The molecule has 0 aliphatic carbocycles. The Labute approximate surface area is 110 Å². The Bertz CT molecular complexity index is 531. The third-order valence-corrected chi connectivity index (χ3v) is 2.01. The Kier molecular flexibility index (Phi) is 4.43. The van der Waals surface area contributed by atoms with E-state index in [2.05, 4.69) is 5.32 Å². The zero-order chi connectivity index (χ0) is 14.6. The van der Waals surface area contributed by atoms with E-state index >= 15 is 0 Å². The number of hydrogen-bond acceptors (Lipinski definition) is 3. The third-order valence-electron chi connectivity index (χ3n) is 2.01. The second-order valence-electron chi connectivity index (χ2n) is 4.90. The Balaban J connectivity index is 2.94. The van der Waals surface area contributed by atoms with Crippen LogP contribution >= 0.6 is 0 Å². The summed E-state index contributed by atoms with van der Waals surface area (Å²) in [4.78, 5) is 11.5. The van der Waals surface area contributed by atoms with Crippen LogP contribution in [0.2, 0.25) is 0 Å². The Hall–Kier alpha value is -2.16. The molecule has 0 unspecified atom stereocenters. The first-order valence-electron chi connectivity index (χ1n) is 5.58. The average Bonchev–Trinajstić information content (AvgIpc) is 2.23. The molecular formula is C13H14F2N2O2. The summed E-state index contributed by atoms with van der Waals surface area (Å²) >= 11 is 0. The van der Waals surface area contributed by atoms with Crippen molar-refractivity contribution in [2.75, 3.05) is 5.32 Å². The lowest BCUT2D eigenvalue weighted by Crippen LogP contribution is -2.27. The summed E-state index contributed by atoms with van der Waals surface area (Å²) in [7, 11) is 0. The fourth-order valence-corrected chi connectivity index (χ4v) is 1.34. The normalized spacial score (nSPS) is 10.7. The van der Waals surface area contributed by atoms with E-state index in [0.717, 1.165) is 6.07 Å². The molecule has 0 aromatic heterocycles. The average molecular weight is 268 g/mol. The van der Waals surface area contributed by atoms with Gasteiger partial charge in [-0.25, -0.2) is 13.6 Å². The van der Waals surface area contributed by atoms with Crippen LogP contribution in [0.5, 0.6) is 0 Å². The number of rotatable bonds is 2. The molecule has 0 saturated carbocycles. The van der Waals surface area contributed by atoms with Crippen LogP contribution in [0.15, 0.2) is 12.1 Å². The number of nitrogens with zero attached hydrogens (tertiary/aromatic N) is 1. The third kappa shape index (κ3) is 4.54. The Morgan fingerprint density at radius 2 is 2.05 bits per heavy atom. The van der Waals surface area contributed by atoms with Gasteiger partial charge in [0.05, 0.1) is 18.2 Å². The van der Waals surface area contributed by atoms with Gasteiger partial charge < -0.3 is 4.74 Å². The van der Waals surface area contributed by atoms with Gasteiger partial charge >= 0.3 is 6.09 Å². The second kappa shape index (κ2) is 5.65. The minimum atomic E-state index is -1.19. The van der Waals surface area contributed by atoms with Gasteiger partial charge in [-0.05, 0) is 38.5 Å². The molecule has 1 aromatic rings. The molecule has 0 bridgehead atoms. The van der Waals surface area contributed by atoms with E-state index in [1.165, 1.54) is 6.07 Å². The van der Waals surface area contributed by atoms with Crippen LogP contribution in [0, 0.1) is 23.0 Å². The van der Waals surface area contributed by atoms with Crippen molar-refractivity contribution >= 4 is 11.8 Å². The van der Waals surface area contributed by atoms with E-state index in [1.54, 1.807) is 20.8 Å². The molecule has 0 fully saturated rings. The zero-order valence-corrected chi connectivity index (χ0v) is 10.9. The predicted octanol–water partition coefficient (Wildman–Crippen LogP) is 3.38. The molecule has 0 radical (unpaired) electrons. The summed E-state index contributed by atoms with van der Waals surface area (Å²) in [6.45, 7) is 4.95. The van der Waals surface area contributed by atoms with Crippen molar-refractivity contribution in [1.29, 1.82) is 5.26 Å². The number of carbonyl (C=O) groups excluding carboxylic acids is 1. The highest BCUT2D eigenvalue weighted by Gasteiger charge is 2.19. The molecule has 0 heterocycles. The topological polar surface area (TPSA) is 62.1 Å². The maximum absolute atomic E-state index is 13.5. The number of anilines is 1. The number of benzene rings is 1. The van der Waals surface area contributed by atoms with Crippen LogP contribution in [0.3, 0.4) is 0 Å². The van der Waals surface area contributed by atoms with Crippen molar-refractivity contribution in [3.05, 3.63) is 29.3 Å². The largest absolute Gasteiger partial charge is 0.444 e. The summed E-state index contributed by atoms with van der Waals surface area (Å²) in [5, 5.41) is 10.6. The maximum Gasteiger partial charge on any atom is 0.412 e. The first-order chi connectivity index (χ1) is 8.73. The Morgan fingerprint density at radius 1 is 1.42 bits per heavy atom. The van der Waals surface area contributed by atoms with E-state index < -0.39 is 23.3 Å². The smallest absolute Gasteiger partial charge is 0.412 e. The highest BCUT2D eigenvalue weighted by atomic mass is 19.2. The van der Waals surface area contributed by atoms with E-state index in [0.29, 0.717) is 0 Å². The van der Waals surface area contributed by atoms with Crippen molar-refractivity contribution in [3.63, 3.8) is 0 Å². The van der Waals surface area contributed by atoms with Crippen LogP contribution in [0.4, 0.5) is 19.3 Å². The molecule has 0 aliphatic heterocycles. The summed E-state index contributed by atoms with van der Waals surface area (Å²) in [5.74, 6) is -2.31. The number of amides is 1. The van der Waals surface area contributed by atoms with Gasteiger partial charge in [0, 0.05) is 0 Å². The van der Waals surface area contributed by atoms with Crippen molar-refractivity contribution in [3.8, 4) is 6.07 Å². The number of hydrogen-bond donors (Lipinski definition) is 1. The van der Waals surface area contributed by atoms with Crippen LogP contribution < -0.4 is 5.32 Å². The van der Waals surface area contributed by atoms with Crippen molar-refractivity contribution in [1.82, 2.24) is 0 Å². The van der Waals surface area contributed by atoms with Gasteiger partial charge in [-0.2, -0.15) is 5.26 Å². The Morgan fingerprint density at radius 3 is 2.58 bits per heavy atom. The number of carbonyl (C=O) groups is 1. The molecule has 102 valence electrons. The lowest BCUT2D eigenvalue weighted by molar-refractivity contribution is 0.0635. The molecule has 0 atom stereocenters. The van der Waals surface area contributed by atoms with E-state index in [9.17, 15) is 13.6 Å². The van der Waals surface area contributed by atoms with Crippen molar-refractivity contribution in [2.45, 2.75) is 32.8 Å². The quantitative estimate of drug-likeness (QED) is 0.894. The van der Waals surface area contributed by atoms with Gasteiger partial charge in [-0.1, -0.05) is 0 Å². The molecule has 0 saturated heterocycles. The SMILES string of the molecule is CC(C)(C)OC(=O)Nc1cc(CC#N)cc(F)c1F. The van der Waals surface area contributed by atoms with Crippen molar-refractivity contribution < 1.29 is 18.3 Å². The molecule has 19 heavy (non-hydrogen) atoms. The number of nitrogens with one attached hydrogen (secondary N) is 1. The second-order valence-corrected chi connectivity index (χ2v) is 4.90. The van der Waals surface area contributed by atoms with Crippen molar-refractivity contribution in [2.24, 2.45) is 0 Å². The van der Waals surface area contributed by atoms with Gasteiger partial charge in [-0.3, -0.25) is 5.32 Å². The van der Waals surface area contributed by atoms with Crippen LogP contribution in [-0.2, 0) is 11.2 Å². The molecule has 1 rings (SSSR count). The minimum absolute atomic E-state index is 0.0831. The predicted molar refractivity (Wildman–Crippen MR) is 65.5 cm³/mol. The molecule has 1 amide bonds. The molecule has 4 nitrogen and oxygen atoms in total. The number of halogens is 2. The lowest BCUT2D eigenvalue weighted by atomic mass is 10.1. The molecule has 1 aromatic carbocycles. The fraction of sp³-hybridized carbons (Fsp3) is 0.385. The number of ether oxygens (including phenoxy) is 1. The minimum Gasteiger partial charge on any atom is -0.444 e. The standard InChI is InChI=1S/C13H14F2N2O2/c1-13(2,3)19-12(18)17-10-7-8(4-5-16)6-9(14)11(10)15/h6-7H,4H2,1-3H3,(H,17,18). The van der Waals surface area contributed by atoms with Crippen LogP contribution in [0.25, 0.3) is 0 Å². The summed E-state index contributed by atoms with van der Waals surface area (Å²) in [5.41, 5.74) is -0.824. The summed E-state index contributed by atoms with van der Waals surface area (Å²) in [6.07, 6.45) is -0.972. The monoisotopic (exact) mass is 268 g/mol. The van der Waals surface area contributed by atoms with Gasteiger partial charge in [0.25, 0.3) is 0 Å². The van der Waals surface area contributed by atoms with Crippen LogP contribution in [-0.4, -0.2) is 11.7 Å². The first-order valence-corrected chi connectivity index (χ1v) is 5.58. The van der Waals surface area contributed by atoms with Gasteiger partial charge in [0.1, 0.15) is 5.60 Å². The lowest BCUT2D eigenvalue weighted by Gasteiger charge is -2.20. The van der Waals surface area contributed by atoms with Gasteiger partial charge in [0.15, 0.2) is 11.6 Å².